The van der Waals surface area contributed by atoms with E-state index in [0.29, 0.717) is 11.9 Å². The number of rotatable bonds is 6. The Hall–Kier alpha value is -7.41. The first-order valence-electron chi connectivity index (χ1n) is 20.1. The number of phenolic OH excluding ortho intramolecular Hbond substituents is 2. The van der Waals surface area contributed by atoms with Crippen molar-refractivity contribution in [2.75, 3.05) is 0 Å². The SMILES string of the molecule is Cc1ccc(S(=O)(=O)[O-])cc1.Cc1ccc(S(=O)(=O)[O-])cc1.O=C1NCc2ccccc21.O=S(=O)([O-])c1ccc(O)c(N=Nc2c(O)ccc3ccccc23)c1.O=S(=O)([O-])c1ccc2ccccc2c1. The number of aryl methyl sites for hydroxylation is 2. The number of nitrogens with one attached hydrogen (secondary N) is 1. The molecule has 0 bridgehead atoms. The van der Waals surface area contributed by atoms with Crippen LogP contribution in [0.15, 0.2) is 200 Å². The van der Waals surface area contributed by atoms with E-state index in [1.54, 1.807) is 60.7 Å². The maximum Gasteiger partial charge on any atom is 0.251 e. The van der Waals surface area contributed by atoms with Crippen molar-refractivity contribution in [3.05, 3.63) is 192 Å². The van der Waals surface area contributed by atoms with Gasteiger partial charge in [-0.15, -0.1) is 10.2 Å². The summed E-state index contributed by atoms with van der Waals surface area (Å²) in [5.74, 6) is -0.411. The molecule has 0 aromatic heterocycles. The molecule has 0 unspecified atom stereocenters. The Labute approximate surface area is 403 Å². The number of benzene rings is 8. The highest BCUT2D eigenvalue weighted by Gasteiger charge is 2.16. The van der Waals surface area contributed by atoms with Gasteiger partial charge in [0.2, 0.25) is 0 Å². The largest absolute Gasteiger partial charge is 0.744 e. The van der Waals surface area contributed by atoms with E-state index in [4.69, 9.17) is 0 Å². The minimum atomic E-state index is -4.68. The molecule has 0 radical (unpaired) electrons. The Morgan fingerprint density at radius 2 is 0.886 bits per heavy atom. The number of carbonyl (C=O) groups is 1. The van der Waals surface area contributed by atoms with Gasteiger partial charge >= 0.3 is 0 Å². The summed E-state index contributed by atoms with van der Waals surface area (Å²) >= 11 is 0. The smallest absolute Gasteiger partial charge is 0.251 e. The molecule has 1 amide bonds. The predicted octanol–water partition coefficient (Wildman–Crippen LogP) is 8.04. The van der Waals surface area contributed by atoms with Gasteiger partial charge < -0.3 is 33.7 Å². The normalized spacial score (nSPS) is 12.2. The molecule has 22 heteroatoms. The van der Waals surface area contributed by atoms with E-state index in [0.717, 1.165) is 56.6 Å². The maximum atomic E-state index is 11.1. The number of azo groups is 1. The molecule has 0 fully saturated rings. The molecule has 1 aliphatic heterocycles. The Balaban J connectivity index is 0.000000171. The fourth-order valence-electron chi connectivity index (χ4n) is 6.09. The molecule has 3 N–H and O–H groups in total. The van der Waals surface area contributed by atoms with Gasteiger partial charge in [-0.05, 0) is 102 Å². The van der Waals surface area contributed by atoms with Gasteiger partial charge in [-0.3, -0.25) is 4.79 Å². The molecule has 1 heterocycles. The number of fused-ring (bicyclic) bond motifs is 3. The molecule has 8 aromatic carbocycles. The molecule has 70 heavy (non-hydrogen) atoms. The Morgan fingerprint density at radius 1 is 0.457 bits per heavy atom. The van der Waals surface area contributed by atoms with Crippen molar-refractivity contribution in [2.45, 2.75) is 40.0 Å². The van der Waals surface area contributed by atoms with Gasteiger partial charge in [0.25, 0.3) is 5.91 Å². The van der Waals surface area contributed by atoms with Crippen LogP contribution in [0.25, 0.3) is 21.5 Å². The van der Waals surface area contributed by atoms with E-state index in [-0.39, 0.29) is 43.5 Å². The van der Waals surface area contributed by atoms with Crippen LogP contribution in [-0.4, -0.2) is 68.0 Å². The Morgan fingerprint density at radius 3 is 1.43 bits per heavy atom. The zero-order valence-electron chi connectivity index (χ0n) is 36.6. The standard InChI is InChI=1S/C16H12N2O5S.C10H8O3S.C8H7NO.2C7H8O3S/c19-14-8-6-11(24(21,22)23)9-13(14)17-18-16-12-4-2-1-3-10(12)5-7-15(16)20;11-14(12,13)10-6-5-8-3-1-2-4-9(8)7-10;10-8-7-4-2-1-3-6(7)5-9-8;2*1-6-2-4-7(5-3-6)11(8,9)10/h1-9,19-20H,(H,21,22,23);1-7H,(H,11,12,13);1-4H,5H2,(H,9,10);2*2-5H,1H3,(H,8,9,10)/p-4. The van der Waals surface area contributed by atoms with Gasteiger partial charge in [0.1, 0.15) is 63.3 Å². The fourth-order valence-corrected chi connectivity index (χ4v) is 8.03. The molecule has 0 spiro atoms. The van der Waals surface area contributed by atoms with E-state index in [1.807, 2.05) is 62.4 Å². The minimum absolute atomic E-state index is 0.0515. The van der Waals surface area contributed by atoms with Crippen LogP contribution in [-0.2, 0) is 47.0 Å². The lowest BCUT2D eigenvalue weighted by Gasteiger charge is -2.08. The third-order valence-electron chi connectivity index (χ3n) is 9.70. The van der Waals surface area contributed by atoms with Gasteiger partial charge in [-0.1, -0.05) is 114 Å². The summed E-state index contributed by atoms with van der Waals surface area (Å²) < 4.78 is 128. The third kappa shape index (κ3) is 15.3. The second-order valence-corrected chi connectivity index (χ2v) is 20.3. The molecule has 0 aliphatic carbocycles. The van der Waals surface area contributed by atoms with Crippen molar-refractivity contribution in [3.8, 4) is 11.5 Å². The summed E-state index contributed by atoms with van der Waals surface area (Å²) in [7, 11) is -17.6. The number of aromatic hydroxyl groups is 2. The summed E-state index contributed by atoms with van der Waals surface area (Å²) in [4.78, 5) is 9.88. The van der Waals surface area contributed by atoms with Gasteiger partial charge in [0, 0.05) is 17.5 Å². The third-order valence-corrected chi connectivity index (χ3v) is 13.1. The van der Waals surface area contributed by atoms with Gasteiger partial charge in [0.05, 0.1) is 19.6 Å². The van der Waals surface area contributed by atoms with E-state index in [9.17, 15) is 66.9 Å². The zero-order chi connectivity index (χ0) is 51.4. The van der Waals surface area contributed by atoms with Crippen LogP contribution in [0.1, 0.15) is 27.0 Å². The Kier molecular flexibility index (Phi) is 17.4. The highest BCUT2D eigenvalue weighted by atomic mass is 32.2. The number of hydrogen-bond acceptors (Lipinski definition) is 17. The topological polar surface area (TPSA) is 323 Å². The van der Waals surface area contributed by atoms with Crippen molar-refractivity contribution < 1.29 is 66.9 Å². The first-order chi connectivity index (χ1) is 32.8. The lowest BCUT2D eigenvalue weighted by molar-refractivity contribution is 0.0965. The van der Waals surface area contributed by atoms with Crippen LogP contribution in [0.4, 0.5) is 11.4 Å². The van der Waals surface area contributed by atoms with Crippen LogP contribution >= 0.6 is 0 Å². The Bertz CT molecular complexity index is 3590. The molecule has 364 valence electrons. The highest BCUT2D eigenvalue weighted by Crippen LogP contribution is 2.37. The molecule has 0 saturated carbocycles. The van der Waals surface area contributed by atoms with E-state index in [1.165, 1.54) is 42.5 Å². The van der Waals surface area contributed by atoms with Crippen LogP contribution in [0.5, 0.6) is 11.5 Å². The number of hydrogen-bond donors (Lipinski definition) is 3. The van der Waals surface area contributed by atoms with E-state index >= 15 is 0 Å². The van der Waals surface area contributed by atoms with Crippen molar-refractivity contribution in [1.82, 2.24) is 5.32 Å². The highest BCUT2D eigenvalue weighted by molar-refractivity contribution is 7.86. The van der Waals surface area contributed by atoms with E-state index < -0.39 is 45.4 Å². The minimum Gasteiger partial charge on any atom is -0.744 e. The summed E-state index contributed by atoms with van der Waals surface area (Å²) in [5.41, 5.74) is 3.76. The summed E-state index contributed by atoms with van der Waals surface area (Å²) in [5, 5.41) is 33.3. The maximum absolute atomic E-state index is 11.1. The van der Waals surface area contributed by atoms with Crippen molar-refractivity contribution in [3.63, 3.8) is 0 Å². The second-order valence-electron chi connectivity index (χ2n) is 14.8. The summed E-state index contributed by atoms with van der Waals surface area (Å²) in [6.45, 7) is 4.33. The van der Waals surface area contributed by atoms with Crippen LogP contribution in [0.2, 0.25) is 0 Å². The lowest BCUT2D eigenvalue weighted by Crippen LogP contribution is -2.12. The van der Waals surface area contributed by atoms with Crippen molar-refractivity contribution in [1.29, 1.82) is 0 Å². The molecule has 0 saturated heterocycles. The monoisotopic (exact) mass is 1030 g/mol. The van der Waals surface area contributed by atoms with Gasteiger partial charge in [-0.25, -0.2) is 33.7 Å². The average molecular weight is 1030 g/mol. The number of carbonyl (C=O) groups excluding carboxylic acids is 1. The summed E-state index contributed by atoms with van der Waals surface area (Å²) in [6, 6.07) is 44.1. The predicted molar refractivity (Wildman–Crippen MR) is 254 cm³/mol. The second kappa shape index (κ2) is 22.8. The number of nitrogens with zero attached hydrogens (tertiary/aromatic N) is 2. The first-order valence-corrected chi connectivity index (χ1v) is 25.7. The molecular formula is C48H39N3O15S4-4. The molecule has 1 aliphatic rings. The lowest BCUT2D eigenvalue weighted by atomic mass is 10.1. The van der Waals surface area contributed by atoms with E-state index in [2.05, 4.69) is 15.5 Å². The fraction of sp³-hybridized carbons (Fsp3) is 0.0625. The quantitative estimate of drug-likeness (QED) is 0.105. The van der Waals surface area contributed by atoms with Crippen LogP contribution < -0.4 is 5.32 Å². The average Bonchev–Trinajstić information content (AvgIpc) is 3.69. The zero-order valence-corrected chi connectivity index (χ0v) is 39.9. The number of phenols is 2. The molecule has 9 rings (SSSR count). The number of amides is 1. The molecular weight excluding hydrogens is 987 g/mol. The molecule has 0 atom stereocenters. The summed E-state index contributed by atoms with van der Waals surface area (Å²) in [6.07, 6.45) is 0. The van der Waals surface area contributed by atoms with Crippen LogP contribution in [0, 0.1) is 13.8 Å². The van der Waals surface area contributed by atoms with Gasteiger partial charge in [0.15, 0.2) is 0 Å². The first kappa shape index (κ1) is 53.5. The van der Waals surface area contributed by atoms with Gasteiger partial charge in [-0.2, -0.15) is 0 Å². The van der Waals surface area contributed by atoms with Crippen molar-refractivity contribution in [2.24, 2.45) is 10.2 Å². The van der Waals surface area contributed by atoms with Crippen LogP contribution in [0.3, 0.4) is 0 Å². The molecule has 8 aromatic rings. The molecule has 18 nitrogen and oxygen atoms in total. The van der Waals surface area contributed by atoms with Crippen molar-refractivity contribution >= 4 is 79.3 Å².